The van der Waals surface area contributed by atoms with Crippen LogP contribution in [0.2, 0.25) is 0 Å². The molecule has 3 aromatic rings. The maximum absolute atomic E-state index is 12.0. The van der Waals surface area contributed by atoms with E-state index in [0.29, 0.717) is 28.6 Å². The van der Waals surface area contributed by atoms with Gasteiger partial charge in [-0.3, -0.25) is 4.79 Å². The number of aromatic amines is 1. The number of aliphatic hydroxyl groups is 1. The molecule has 158 valence electrons. The van der Waals surface area contributed by atoms with Crippen molar-refractivity contribution in [2.45, 2.75) is 24.8 Å². The molecule has 0 aliphatic heterocycles. The predicted molar refractivity (Wildman–Crippen MR) is 112 cm³/mol. The first-order chi connectivity index (χ1) is 14.3. The van der Waals surface area contributed by atoms with E-state index in [1.165, 1.54) is 24.4 Å². The Hall–Kier alpha value is -3.17. The van der Waals surface area contributed by atoms with Gasteiger partial charge in [0.2, 0.25) is 0 Å². The van der Waals surface area contributed by atoms with E-state index in [0.717, 1.165) is 0 Å². The standard InChI is InChI=1S/C21H22N2O6S/c1-3-30(26,27)19-6-4-16(5-7-19)29-18-11-15(21-22-9-8-20(25)23-21)10-17(12-18)28-14(2)13-24/h4-12,14,24H,3,13H2,1-2H3,(H,22,23,25). The van der Waals surface area contributed by atoms with Crippen molar-refractivity contribution in [3.05, 3.63) is 65.1 Å². The van der Waals surface area contributed by atoms with Crippen LogP contribution in [0.25, 0.3) is 11.4 Å². The molecule has 0 saturated carbocycles. The number of hydrogen-bond donors (Lipinski definition) is 2. The van der Waals surface area contributed by atoms with Crippen molar-refractivity contribution in [3.8, 4) is 28.6 Å². The van der Waals surface area contributed by atoms with Crippen LogP contribution in [0.4, 0.5) is 0 Å². The molecule has 2 aromatic carbocycles. The van der Waals surface area contributed by atoms with Gasteiger partial charge in [-0.05, 0) is 43.3 Å². The molecule has 3 rings (SSSR count). The first-order valence-corrected chi connectivity index (χ1v) is 10.9. The van der Waals surface area contributed by atoms with Crippen molar-refractivity contribution in [2.75, 3.05) is 12.4 Å². The molecule has 0 aliphatic rings. The average molecular weight is 430 g/mol. The maximum Gasteiger partial charge on any atom is 0.251 e. The minimum Gasteiger partial charge on any atom is -0.488 e. The zero-order valence-corrected chi connectivity index (χ0v) is 17.3. The Balaban J connectivity index is 1.96. The summed E-state index contributed by atoms with van der Waals surface area (Å²) in [4.78, 5) is 18.7. The summed E-state index contributed by atoms with van der Waals surface area (Å²) in [5, 5.41) is 9.27. The lowest BCUT2D eigenvalue weighted by molar-refractivity contribution is 0.129. The van der Waals surface area contributed by atoms with Crippen molar-refractivity contribution >= 4 is 9.84 Å². The van der Waals surface area contributed by atoms with Gasteiger partial charge in [-0.1, -0.05) is 6.92 Å². The van der Waals surface area contributed by atoms with Crippen LogP contribution in [-0.4, -0.2) is 42.0 Å². The first kappa shape index (κ1) is 21.5. The minimum absolute atomic E-state index is 0.0151. The van der Waals surface area contributed by atoms with Crippen LogP contribution >= 0.6 is 0 Å². The topological polar surface area (TPSA) is 119 Å². The Morgan fingerprint density at radius 1 is 1.07 bits per heavy atom. The molecule has 9 heteroatoms. The normalized spacial score (nSPS) is 12.4. The fourth-order valence-corrected chi connectivity index (χ4v) is 3.52. The number of nitrogens with one attached hydrogen (secondary N) is 1. The van der Waals surface area contributed by atoms with E-state index in [2.05, 4.69) is 9.97 Å². The quantitative estimate of drug-likeness (QED) is 0.564. The minimum atomic E-state index is -3.30. The van der Waals surface area contributed by atoms with Crippen LogP contribution in [0.3, 0.4) is 0 Å². The second kappa shape index (κ2) is 9.10. The second-order valence-electron chi connectivity index (χ2n) is 6.56. The monoisotopic (exact) mass is 430 g/mol. The van der Waals surface area contributed by atoms with Gasteiger partial charge in [0.15, 0.2) is 9.84 Å². The molecule has 1 atom stereocenters. The fourth-order valence-electron chi connectivity index (χ4n) is 2.64. The molecular weight excluding hydrogens is 408 g/mol. The van der Waals surface area contributed by atoms with Gasteiger partial charge < -0.3 is 19.6 Å². The number of aromatic nitrogens is 2. The van der Waals surface area contributed by atoms with Crippen molar-refractivity contribution in [1.29, 1.82) is 0 Å². The first-order valence-electron chi connectivity index (χ1n) is 9.29. The second-order valence-corrected chi connectivity index (χ2v) is 8.84. The van der Waals surface area contributed by atoms with Gasteiger partial charge in [0.1, 0.15) is 29.2 Å². The molecule has 0 saturated heterocycles. The summed E-state index contributed by atoms with van der Waals surface area (Å²) in [5.74, 6) is 1.59. The molecule has 1 unspecified atom stereocenters. The number of rotatable bonds is 8. The highest BCUT2D eigenvalue weighted by Crippen LogP contribution is 2.32. The van der Waals surface area contributed by atoms with Gasteiger partial charge in [-0.25, -0.2) is 13.4 Å². The molecular formula is C21H22N2O6S. The Labute approximate surface area is 174 Å². The van der Waals surface area contributed by atoms with E-state index in [9.17, 15) is 18.3 Å². The number of nitrogens with zero attached hydrogens (tertiary/aromatic N) is 1. The predicted octanol–water partition coefficient (Wildman–Crippen LogP) is 2.78. The largest absolute Gasteiger partial charge is 0.488 e. The van der Waals surface area contributed by atoms with Gasteiger partial charge >= 0.3 is 0 Å². The molecule has 1 heterocycles. The summed E-state index contributed by atoms with van der Waals surface area (Å²) >= 11 is 0. The number of ether oxygens (including phenoxy) is 2. The summed E-state index contributed by atoms with van der Waals surface area (Å²) in [6.07, 6.45) is 0.945. The third kappa shape index (κ3) is 5.25. The molecule has 0 bridgehead atoms. The van der Waals surface area contributed by atoms with E-state index in [1.807, 2.05) is 0 Å². The van der Waals surface area contributed by atoms with Crippen LogP contribution < -0.4 is 15.0 Å². The molecule has 30 heavy (non-hydrogen) atoms. The Kier molecular flexibility index (Phi) is 6.53. The molecule has 0 radical (unpaired) electrons. The highest BCUT2D eigenvalue weighted by molar-refractivity contribution is 7.91. The molecule has 0 fully saturated rings. The molecule has 0 spiro atoms. The number of aliphatic hydroxyl groups excluding tert-OH is 1. The highest BCUT2D eigenvalue weighted by Gasteiger charge is 2.13. The van der Waals surface area contributed by atoms with E-state index >= 15 is 0 Å². The number of H-pyrrole nitrogens is 1. The zero-order valence-electron chi connectivity index (χ0n) is 16.5. The third-order valence-electron chi connectivity index (χ3n) is 4.22. The van der Waals surface area contributed by atoms with Gasteiger partial charge in [0.25, 0.3) is 5.56 Å². The van der Waals surface area contributed by atoms with Gasteiger partial charge in [-0.15, -0.1) is 0 Å². The lowest BCUT2D eigenvalue weighted by Gasteiger charge is -2.15. The SMILES string of the molecule is CCS(=O)(=O)c1ccc(Oc2cc(OC(C)CO)cc(-c3nccc(=O)[nH]3)c2)cc1. The molecule has 8 nitrogen and oxygen atoms in total. The van der Waals surface area contributed by atoms with E-state index in [1.54, 1.807) is 44.2 Å². The van der Waals surface area contributed by atoms with Crippen LogP contribution in [0.1, 0.15) is 13.8 Å². The summed E-state index contributed by atoms with van der Waals surface area (Å²) in [7, 11) is -3.30. The van der Waals surface area contributed by atoms with Crippen LogP contribution in [0.15, 0.2) is 64.4 Å². The maximum atomic E-state index is 12.0. The molecule has 0 amide bonds. The van der Waals surface area contributed by atoms with Crippen LogP contribution in [0.5, 0.6) is 17.2 Å². The van der Waals surface area contributed by atoms with Crippen molar-refractivity contribution in [1.82, 2.24) is 9.97 Å². The zero-order chi connectivity index (χ0) is 21.7. The van der Waals surface area contributed by atoms with Crippen LogP contribution in [0, 0.1) is 0 Å². The smallest absolute Gasteiger partial charge is 0.251 e. The summed E-state index contributed by atoms with van der Waals surface area (Å²) in [6.45, 7) is 3.12. The summed E-state index contributed by atoms with van der Waals surface area (Å²) in [6, 6.07) is 12.4. The van der Waals surface area contributed by atoms with Gasteiger partial charge in [-0.2, -0.15) is 0 Å². The average Bonchev–Trinajstić information content (AvgIpc) is 2.74. The Morgan fingerprint density at radius 3 is 2.40 bits per heavy atom. The van der Waals surface area contributed by atoms with Crippen molar-refractivity contribution in [2.24, 2.45) is 0 Å². The number of benzene rings is 2. The highest BCUT2D eigenvalue weighted by atomic mass is 32.2. The van der Waals surface area contributed by atoms with Crippen LogP contribution in [-0.2, 0) is 9.84 Å². The van der Waals surface area contributed by atoms with E-state index in [4.69, 9.17) is 9.47 Å². The molecule has 1 aromatic heterocycles. The summed E-state index contributed by atoms with van der Waals surface area (Å²) in [5.41, 5.74) is 0.251. The number of hydrogen-bond acceptors (Lipinski definition) is 7. The van der Waals surface area contributed by atoms with Crippen molar-refractivity contribution in [3.63, 3.8) is 0 Å². The lowest BCUT2D eigenvalue weighted by atomic mass is 10.2. The van der Waals surface area contributed by atoms with E-state index < -0.39 is 15.9 Å². The lowest BCUT2D eigenvalue weighted by Crippen LogP contribution is -2.16. The fraction of sp³-hybridized carbons (Fsp3) is 0.238. The van der Waals surface area contributed by atoms with Gasteiger partial charge in [0.05, 0.1) is 17.3 Å². The number of sulfone groups is 1. The summed E-state index contributed by atoms with van der Waals surface area (Å²) < 4.78 is 35.5. The van der Waals surface area contributed by atoms with E-state index in [-0.39, 0.29) is 22.8 Å². The van der Waals surface area contributed by atoms with Crippen molar-refractivity contribution < 1.29 is 23.0 Å². The molecule has 2 N–H and O–H groups in total. The molecule has 0 aliphatic carbocycles. The third-order valence-corrected chi connectivity index (χ3v) is 5.97. The Bertz CT molecular complexity index is 1170. The van der Waals surface area contributed by atoms with Gasteiger partial charge in [0, 0.05) is 23.9 Å². The Morgan fingerprint density at radius 2 is 1.77 bits per heavy atom.